The molecule has 1 fully saturated rings. The van der Waals surface area contributed by atoms with E-state index in [1.54, 1.807) is 49.4 Å². The summed E-state index contributed by atoms with van der Waals surface area (Å²) in [5.41, 5.74) is 3.02. The third-order valence-electron chi connectivity index (χ3n) is 6.01. The van der Waals surface area contributed by atoms with E-state index in [4.69, 9.17) is 4.74 Å². The Morgan fingerprint density at radius 1 is 1.08 bits per heavy atom. The van der Waals surface area contributed by atoms with E-state index in [2.05, 4.69) is 26.4 Å². The number of nitrogens with zero attached hydrogens (tertiary/aromatic N) is 6. The lowest BCUT2D eigenvalue weighted by molar-refractivity contribution is 0.0827. The average Bonchev–Trinajstić information content (AvgIpc) is 3.14. The summed E-state index contributed by atoms with van der Waals surface area (Å²) in [6.07, 6.45) is 2.52. The Labute approximate surface area is 211 Å². The van der Waals surface area contributed by atoms with Crippen molar-refractivity contribution in [1.82, 2.24) is 24.6 Å². The Bertz CT molecular complexity index is 1220. The van der Waals surface area contributed by atoms with Crippen molar-refractivity contribution in [3.8, 4) is 11.4 Å². The molecule has 0 saturated carbocycles. The molecule has 2 heterocycles. The summed E-state index contributed by atoms with van der Waals surface area (Å²) in [4.78, 5) is 35.1. The topological polar surface area (TPSA) is 95.8 Å². The number of hydrogen-bond donors (Lipinski definition) is 1. The summed E-state index contributed by atoms with van der Waals surface area (Å²) in [7, 11) is 3.41. The van der Waals surface area contributed by atoms with Gasteiger partial charge in [0.05, 0.1) is 6.61 Å². The molecule has 0 aliphatic carbocycles. The van der Waals surface area contributed by atoms with Crippen LogP contribution in [0.2, 0.25) is 0 Å². The molecular formula is C26H33N7O3. The highest BCUT2D eigenvalue weighted by molar-refractivity contribution is 5.96. The number of carbonyl (C=O) groups is 2. The molecule has 1 aliphatic rings. The van der Waals surface area contributed by atoms with Gasteiger partial charge in [-0.1, -0.05) is 6.07 Å². The molecule has 1 aromatic heterocycles. The van der Waals surface area contributed by atoms with Gasteiger partial charge >= 0.3 is 6.03 Å². The maximum absolute atomic E-state index is 13.0. The van der Waals surface area contributed by atoms with Gasteiger partial charge in [0, 0.05) is 63.3 Å². The van der Waals surface area contributed by atoms with Gasteiger partial charge in [-0.2, -0.15) is 5.10 Å². The number of nitrogens with one attached hydrogen (secondary N) is 1. The number of anilines is 2. The van der Waals surface area contributed by atoms with E-state index in [1.165, 1.54) is 4.90 Å². The van der Waals surface area contributed by atoms with E-state index in [0.29, 0.717) is 43.3 Å². The van der Waals surface area contributed by atoms with Crippen LogP contribution in [0.15, 0.2) is 48.8 Å². The zero-order chi connectivity index (χ0) is 25.7. The molecule has 1 N–H and O–H groups in total. The number of urea groups is 1. The van der Waals surface area contributed by atoms with E-state index in [9.17, 15) is 9.59 Å². The SMILES string of the molecule is CCOc1cc(N2CCCN(C(=O)Nc3cccc(C(=O)N(C)C)c3)CC2)ccc1-n1cnc(C)n1. The molecule has 36 heavy (non-hydrogen) atoms. The van der Waals surface area contributed by atoms with Crippen molar-refractivity contribution < 1.29 is 14.3 Å². The molecule has 1 saturated heterocycles. The summed E-state index contributed by atoms with van der Waals surface area (Å²) in [5, 5.41) is 7.35. The van der Waals surface area contributed by atoms with Crippen LogP contribution in [0.1, 0.15) is 29.5 Å². The van der Waals surface area contributed by atoms with Gasteiger partial charge in [0.1, 0.15) is 23.6 Å². The van der Waals surface area contributed by atoms with E-state index >= 15 is 0 Å². The quantitative estimate of drug-likeness (QED) is 0.568. The zero-order valence-corrected chi connectivity index (χ0v) is 21.3. The average molecular weight is 492 g/mol. The van der Waals surface area contributed by atoms with Crippen LogP contribution in [-0.2, 0) is 0 Å². The molecule has 0 spiro atoms. The Hall–Kier alpha value is -4.08. The lowest BCUT2D eigenvalue weighted by Gasteiger charge is -2.25. The number of ether oxygens (including phenoxy) is 1. The van der Waals surface area contributed by atoms with Crippen LogP contribution in [0.5, 0.6) is 5.75 Å². The molecule has 0 bridgehead atoms. The number of aryl methyl sites for hydroxylation is 1. The van der Waals surface area contributed by atoms with E-state index < -0.39 is 0 Å². The Kier molecular flexibility index (Phi) is 7.72. The fourth-order valence-corrected chi connectivity index (χ4v) is 4.19. The van der Waals surface area contributed by atoms with Crippen LogP contribution >= 0.6 is 0 Å². The summed E-state index contributed by atoms with van der Waals surface area (Å²) in [5.74, 6) is 1.34. The largest absolute Gasteiger partial charge is 0.492 e. The predicted octanol–water partition coefficient (Wildman–Crippen LogP) is 3.42. The predicted molar refractivity (Wildman–Crippen MR) is 139 cm³/mol. The van der Waals surface area contributed by atoms with Crippen molar-refractivity contribution in [3.05, 3.63) is 60.2 Å². The highest BCUT2D eigenvalue weighted by atomic mass is 16.5. The van der Waals surface area contributed by atoms with Crippen LogP contribution in [0, 0.1) is 6.92 Å². The van der Waals surface area contributed by atoms with Gasteiger partial charge in [0.2, 0.25) is 0 Å². The van der Waals surface area contributed by atoms with Crippen LogP contribution in [0.3, 0.4) is 0 Å². The van der Waals surface area contributed by atoms with Gasteiger partial charge in [-0.05, 0) is 50.6 Å². The van der Waals surface area contributed by atoms with Crippen molar-refractivity contribution in [2.45, 2.75) is 20.3 Å². The molecular weight excluding hydrogens is 458 g/mol. The number of amides is 3. The van der Waals surface area contributed by atoms with E-state index in [0.717, 1.165) is 30.1 Å². The Morgan fingerprint density at radius 3 is 2.64 bits per heavy atom. The molecule has 2 aromatic carbocycles. The maximum atomic E-state index is 13.0. The smallest absolute Gasteiger partial charge is 0.321 e. The lowest BCUT2D eigenvalue weighted by Crippen LogP contribution is -2.38. The molecule has 3 aromatic rings. The first-order chi connectivity index (χ1) is 17.4. The standard InChI is InChI=1S/C26H33N7O3/c1-5-36-24-17-22(10-11-23(24)33-18-27-19(2)29-33)31-12-7-13-32(15-14-31)26(35)28-21-9-6-8-20(16-21)25(34)30(3)4/h6,8-11,16-18H,5,7,12-15H2,1-4H3,(H,28,35). The molecule has 0 unspecified atom stereocenters. The van der Waals surface area contributed by atoms with Crippen molar-refractivity contribution >= 4 is 23.3 Å². The van der Waals surface area contributed by atoms with Crippen molar-refractivity contribution in [2.24, 2.45) is 0 Å². The molecule has 190 valence electrons. The second-order valence-corrected chi connectivity index (χ2v) is 8.86. The van der Waals surface area contributed by atoms with Gasteiger partial charge in [-0.25, -0.2) is 14.5 Å². The van der Waals surface area contributed by atoms with Crippen LogP contribution in [0.4, 0.5) is 16.2 Å². The van der Waals surface area contributed by atoms with Gasteiger partial charge in [-0.15, -0.1) is 0 Å². The lowest BCUT2D eigenvalue weighted by atomic mass is 10.2. The first-order valence-corrected chi connectivity index (χ1v) is 12.1. The highest BCUT2D eigenvalue weighted by Gasteiger charge is 2.21. The van der Waals surface area contributed by atoms with Gasteiger partial charge in [0.15, 0.2) is 0 Å². The number of aromatic nitrogens is 3. The molecule has 3 amide bonds. The van der Waals surface area contributed by atoms with Crippen molar-refractivity contribution in [3.63, 3.8) is 0 Å². The van der Waals surface area contributed by atoms with Gasteiger partial charge < -0.3 is 24.8 Å². The fourth-order valence-electron chi connectivity index (χ4n) is 4.19. The van der Waals surface area contributed by atoms with E-state index in [-0.39, 0.29) is 11.9 Å². The summed E-state index contributed by atoms with van der Waals surface area (Å²) < 4.78 is 7.64. The molecule has 0 atom stereocenters. The fraction of sp³-hybridized carbons (Fsp3) is 0.385. The number of carbonyl (C=O) groups excluding carboxylic acids is 2. The van der Waals surface area contributed by atoms with Crippen LogP contribution < -0.4 is 15.0 Å². The molecule has 10 heteroatoms. The maximum Gasteiger partial charge on any atom is 0.321 e. The summed E-state index contributed by atoms with van der Waals surface area (Å²) >= 11 is 0. The minimum Gasteiger partial charge on any atom is -0.492 e. The molecule has 1 aliphatic heterocycles. The zero-order valence-electron chi connectivity index (χ0n) is 21.3. The number of hydrogen-bond acceptors (Lipinski definition) is 6. The van der Waals surface area contributed by atoms with Crippen LogP contribution in [0.25, 0.3) is 5.69 Å². The number of rotatable bonds is 6. The minimum atomic E-state index is -0.168. The molecule has 10 nitrogen and oxygen atoms in total. The van der Waals surface area contributed by atoms with Gasteiger partial charge in [-0.3, -0.25) is 4.79 Å². The third kappa shape index (κ3) is 5.76. The van der Waals surface area contributed by atoms with Crippen molar-refractivity contribution in [1.29, 1.82) is 0 Å². The Balaban J connectivity index is 1.43. The number of benzene rings is 2. The first-order valence-electron chi connectivity index (χ1n) is 12.1. The summed E-state index contributed by atoms with van der Waals surface area (Å²) in [6.45, 7) is 7.09. The summed E-state index contributed by atoms with van der Waals surface area (Å²) in [6, 6.07) is 12.9. The van der Waals surface area contributed by atoms with Gasteiger partial charge in [0.25, 0.3) is 5.91 Å². The monoisotopic (exact) mass is 491 g/mol. The second kappa shape index (κ2) is 11.1. The van der Waals surface area contributed by atoms with E-state index in [1.807, 2.05) is 30.9 Å². The highest BCUT2D eigenvalue weighted by Crippen LogP contribution is 2.29. The minimum absolute atomic E-state index is 0.104. The molecule has 4 rings (SSSR count). The third-order valence-corrected chi connectivity index (χ3v) is 6.01. The first kappa shape index (κ1) is 25.0. The normalized spacial score (nSPS) is 13.8. The molecule has 0 radical (unpaired) electrons. The Morgan fingerprint density at radius 2 is 1.92 bits per heavy atom. The van der Waals surface area contributed by atoms with Crippen LogP contribution in [-0.4, -0.2) is 83.4 Å². The second-order valence-electron chi connectivity index (χ2n) is 8.86. The van der Waals surface area contributed by atoms with Crippen molar-refractivity contribution in [2.75, 3.05) is 57.1 Å².